The molecule has 4 heteroatoms. The van der Waals surface area contributed by atoms with Crippen molar-refractivity contribution < 1.29 is 4.42 Å². The van der Waals surface area contributed by atoms with Crippen LogP contribution in [0.25, 0.3) is 83.4 Å². The van der Waals surface area contributed by atoms with Gasteiger partial charge in [-0.1, -0.05) is 103 Å². The molecule has 3 heterocycles. The summed E-state index contributed by atoms with van der Waals surface area (Å²) in [5, 5.41) is 6.06. The Labute approximate surface area is 300 Å². The van der Waals surface area contributed by atoms with Crippen LogP contribution in [0.1, 0.15) is 30.2 Å². The van der Waals surface area contributed by atoms with Crippen molar-refractivity contribution in [1.29, 1.82) is 0 Å². The molecular weight excluding hydrogens is 635 g/mol. The Balaban J connectivity index is 1.05. The molecule has 1 unspecified atom stereocenters. The second-order valence-electron chi connectivity index (χ2n) is 14.2. The average Bonchev–Trinajstić information content (AvgIpc) is 3.88. The highest BCUT2D eigenvalue weighted by molar-refractivity contribution is 6.09. The molecule has 0 N–H and O–H groups in total. The highest BCUT2D eigenvalue weighted by Crippen LogP contribution is 2.46. The van der Waals surface area contributed by atoms with E-state index in [1.807, 2.05) is 6.07 Å². The maximum Gasteiger partial charge on any atom is 0.145 e. The van der Waals surface area contributed by atoms with Crippen molar-refractivity contribution in [1.82, 2.24) is 14.1 Å². The lowest BCUT2D eigenvalue weighted by Gasteiger charge is -2.30. The summed E-state index contributed by atoms with van der Waals surface area (Å²) in [5.41, 5.74) is 10.9. The van der Waals surface area contributed by atoms with Crippen molar-refractivity contribution in [3.05, 3.63) is 181 Å². The van der Waals surface area contributed by atoms with E-state index in [0.717, 1.165) is 51.6 Å². The molecular formula is C48H33N3O. The maximum absolute atomic E-state index is 6.60. The van der Waals surface area contributed by atoms with Crippen LogP contribution < -0.4 is 0 Å². The summed E-state index contributed by atoms with van der Waals surface area (Å²) in [7, 11) is 0. The van der Waals surface area contributed by atoms with Crippen molar-refractivity contribution in [3.63, 3.8) is 0 Å². The van der Waals surface area contributed by atoms with Gasteiger partial charge in [0.15, 0.2) is 0 Å². The fourth-order valence-corrected chi connectivity index (χ4v) is 8.62. The van der Waals surface area contributed by atoms with E-state index in [9.17, 15) is 0 Å². The second kappa shape index (κ2) is 10.9. The number of furan rings is 1. The molecule has 0 bridgehead atoms. The fraction of sp³-hybridized carbons (Fsp3) is 0.0625. The molecule has 3 aromatic heterocycles. The van der Waals surface area contributed by atoms with E-state index < -0.39 is 0 Å². The van der Waals surface area contributed by atoms with Gasteiger partial charge in [-0.05, 0) is 91.0 Å². The Morgan fingerprint density at radius 1 is 0.596 bits per heavy atom. The van der Waals surface area contributed by atoms with E-state index in [0.29, 0.717) is 0 Å². The molecule has 1 aliphatic carbocycles. The number of aromatic nitrogens is 3. The van der Waals surface area contributed by atoms with Gasteiger partial charge in [-0.3, -0.25) is 4.57 Å². The van der Waals surface area contributed by atoms with Crippen molar-refractivity contribution in [2.75, 3.05) is 0 Å². The number of benzene rings is 7. The molecule has 0 saturated carbocycles. The Kier molecular flexibility index (Phi) is 6.12. The topological polar surface area (TPSA) is 35.9 Å². The zero-order valence-electron chi connectivity index (χ0n) is 28.6. The van der Waals surface area contributed by atoms with Gasteiger partial charge in [0.25, 0.3) is 0 Å². The molecule has 246 valence electrons. The first-order valence-corrected chi connectivity index (χ1v) is 17.9. The Hall–Kier alpha value is -6.65. The predicted octanol–water partition coefficient (Wildman–Crippen LogP) is 12.4. The summed E-state index contributed by atoms with van der Waals surface area (Å²) < 4.78 is 11.3. The van der Waals surface area contributed by atoms with Gasteiger partial charge in [0.05, 0.1) is 33.2 Å². The van der Waals surface area contributed by atoms with Crippen molar-refractivity contribution >= 4 is 60.7 Å². The van der Waals surface area contributed by atoms with Crippen molar-refractivity contribution in [2.45, 2.75) is 18.8 Å². The van der Waals surface area contributed by atoms with Gasteiger partial charge in [0.1, 0.15) is 17.2 Å². The van der Waals surface area contributed by atoms with Gasteiger partial charge in [-0.2, -0.15) is 0 Å². The molecule has 7 aromatic carbocycles. The molecule has 0 radical (unpaired) electrons. The highest BCUT2D eigenvalue weighted by Gasteiger charge is 2.37. The largest absolute Gasteiger partial charge is 0.459 e. The Morgan fingerprint density at radius 3 is 2.19 bits per heavy atom. The molecule has 10 aromatic rings. The lowest BCUT2D eigenvalue weighted by Crippen LogP contribution is -2.25. The molecule has 52 heavy (non-hydrogen) atoms. The Bertz CT molecular complexity index is 3060. The van der Waals surface area contributed by atoms with Crippen LogP contribution in [-0.4, -0.2) is 14.1 Å². The van der Waals surface area contributed by atoms with Gasteiger partial charge in [0, 0.05) is 38.4 Å². The monoisotopic (exact) mass is 667 g/mol. The van der Waals surface area contributed by atoms with Crippen molar-refractivity contribution in [2.24, 2.45) is 0 Å². The van der Waals surface area contributed by atoms with Crippen LogP contribution >= 0.6 is 0 Å². The summed E-state index contributed by atoms with van der Waals surface area (Å²) in [6.45, 7) is 2.32. The summed E-state index contributed by atoms with van der Waals surface area (Å²) in [5.74, 6) is 1.97. The third-order valence-corrected chi connectivity index (χ3v) is 11.2. The van der Waals surface area contributed by atoms with E-state index >= 15 is 0 Å². The minimum Gasteiger partial charge on any atom is -0.459 e. The summed E-state index contributed by atoms with van der Waals surface area (Å²) >= 11 is 0. The number of nitrogens with zero attached hydrogens (tertiary/aromatic N) is 3. The van der Waals surface area contributed by atoms with Gasteiger partial charge in [0.2, 0.25) is 0 Å². The lowest BCUT2D eigenvalue weighted by atomic mass is 9.73. The number of imidazole rings is 1. The zero-order chi connectivity index (χ0) is 34.4. The van der Waals surface area contributed by atoms with Gasteiger partial charge >= 0.3 is 0 Å². The van der Waals surface area contributed by atoms with Gasteiger partial charge in [-0.25, -0.2) is 4.98 Å². The van der Waals surface area contributed by atoms with Crippen LogP contribution in [0, 0.1) is 0 Å². The molecule has 1 atom stereocenters. The molecule has 0 spiro atoms. The minimum atomic E-state index is -0.280. The molecule has 0 amide bonds. The molecule has 4 nitrogen and oxygen atoms in total. The molecule has 0 aliphatic heterocycles. The molecule has 1 aliphatic rings. The van der Waals surface area contributed by atoms with Crippen LogP contribution in [-0.2, 0) is 5.41 Å². The number of para-hydroxylation sites is 4. The third kappa shape index (κ3) is 4.12. The lowest BCUT2D eigenvalue weighted by molar-refractivity contribution is 0.426. The highest BCUT2D eigenvalue weighted by atomic mass is 16.3. The first-order valence-electron chi connectivity index (χ1n) is 17.9. The van der Waals surface area contributed by atoms with E-state index in [1.165, 1.54) is 49.1 Å². The minimum absolute atomic E-state index is 0.280. The van der Waals surface area contributed by atoms with Crippen molar-refractivity contribution in [3.8, 4) is 22.8 Å². The van der Waals surface area contributed by atoms with Crippen LogP contribution in [0.15, 0.2) is 168 Å². The molecule has 0 saturated heterocycles. The number of hydrogen-bond donors (Lipinski definition) is 0. The Morgan fingerprint density at radius 2 is 1.31 bits per heavy atom. The fourth-order valence-electron chi connectivity index (χ4n) is 8.62. The first-order chi connectivity index (χ1) is 25.7. The van der Waals surface area contributed by atoms with E-state index in [4.69, 9.17) is 9.40 Å². The summed E-state index contributed by atoms with van der Waals surface area (Å²) in [6, 6.07) is 56.5. The number of rotatable bonds is 4. The van der Waals surface area contributed by atoms with Crippen LogP contribution in [0.3, 0.4) is 0 Å². The van der Waals surface area contributed by atoms with Gasteiger partial charge in [-0.15, -0.1) is 0 Å². The zero-order valence-corrected chi connectivity index (χ0v) is 28.6. The number of hydrogen-bond acceptors (Lipinski definition) is 2. The van der Waals surface area contributed by atoms with Crippen LogP contribution in [0.4, 0.5) is 0 Å². The van der Waals surface area contributed by atoms with E-state index in [2.05, 4.69) is 180 Å². The first kappa shape index (κ1) is 29.1. The number of allylic oxidation sites excluding steroid dienone is 1. The third-order valence-electron chi connectivity index (χ3n) is 11.2. The van der Waals surface area contributed by atoms with Crippen LogP contribution in [0.2, 0.25) is 0 Å². The predicted molar refractivity (Wildman–Crippen MR) is 215 cm³/mol. The second-order valence-corrected chi connectivity index (χ2v) is 14.2. The quantitative estimate of drug-likeness (QED) is 0.187. The summed E-state index contributed by atoms with van der Waals surface area (Å²) in [4.78, 5) is 5.19. The number of fused-ring (bicyclic) bond motifs is 8. The maximum atomic E-state index is 6.60. The standard InChI is InChI=1S/C48H33N3O/c1-48(29-11-17-38-37-16-5-9-22-45(37)52-46(38)48)33-25-28-43-39(30-33)36-15-4-7-19-42(36)50(43)34-26-23-32(24-27-34)47-49-40-18-6-8-20-44(40)51(47)41-21-10-13-31-12-2-3-14-35(31)41/h2-28,30H,29H2,1H3. The summed E-state index contributed by atoms with van der Waals surface area (Å²) in [6.07, 6.45) is 5.41. The van der Waals surface area contributed by atoms with Crippen LogP contribution in [0.5, 0.6) is 0 Å². The SMILES string of the molecule is CC1(c2ccc3c(c2)c2ccccc2n3-c2ccc(-c3nc4ccccc4n3-c3cccc4ccccc34)cc2)CC=Cc2c1oc1ccccc21. The average molecular weight is 668 g/mol. The smallest absolute Gasteiger partial charge is 0.145 e. The normalized spacial score (nSPS) is 15.7. The van der Waals surface area contributed by atoms with E-state index in [-0.39, 0.29) is 5.41 Å². The molecule has 0 fully saturated rings. The van der Waals surface area contributed by atoms with Gasteiger partial charge < -0.3 is 8.98 Å². The van der Waals surface area contributed by atoms with E-state index in [1.54, 1.807) is 0 Å². The molecule has 11 rings (SSSR count).